The first-order chi connectivity index (χ1) is 6.83. The van der Waals surface area contributed by atoms with Gasteiger partial charge in [-0.3, -0.25) is 4.84 Å². The number of nitrogens with two attached hydrogens (primary N) is 1. The summed E-state index contributed by atoms with van der Waals surface area (Å²) in [5.74, 6) is 6.21. The first-order valence-electron chi connectivity index (χ1n) is 4.21. The maximum atomic E-state index is 5.94. The van der Waals surface area contributed by atoms with Crippen molar-refractivity contribution in [2.75, 3.05) is 13.2 Å². The molecule has 0 unspecified atom stereocenters. The molecule has 5 heteroatoms. The maximum absolute atomic E-state index is 5.94. The Morgan fingerprint density at radius 1 is 1.29 bits per heavy atom. The van der Waals surface area contributed by atoms with Gasteiger partial charge in [-0.25, -0.2) is 5.90 Å². The van der Waals surface area contributed by atoms with Crippen LogP contribution in [-0.2, 0) is 11.4 Å². The average Bonchev–Trinajstić information content (AvgIpc) is 2.23. The van der Waals surface area contributed by atoms with Crippen LogP contribution in [0.25, 0.3) is 0 Å². The summed E-state index contributed by atoms with van der Waals surface area (Å²) in [5, 5.41) is 0.542. The van der Waals surface area contributed by atoms with E-state index in [0.717, 1.165) is 5.56 Å². The van der Waals surface area contributed by atoms with E-state index in [-0.39, 0.29) is 6.61 Å². The van der Waals surface area contributed by atoms with Crippen molar-refractivity contribution < 1.29 is 14.3 Å². The molecular weight excluding hydrogens is 206 g/mol. The Bertz CT molecular complexity index is 343. The molecule has 0 aromatic heterocycles. The number of fused-ring (bicyclic) bond motifs is 1. The third-order valence-corrected chi connectivity index (χ3v) is 2.26. The lowest BCUT2D eigenvalue weighted by Crippen LogP contribution is -2.17. The van der Waals surface area contributed by atoms with Crippen LogP contribution in [0.15, 0.2) is 12.1 Å². The highest BCUT2D eigenvalue weighted by Crippen LogP contribution is 2.40. The van der Waals surface area contributed by atoms with E-state index in [9.17, 15) is 0 Å². The molecular formula is C9H10ClNO3. The molecule has 2 rings (SSSR count). The van der Waals surface area contributed by atoms with Gasteiger partial charge in [-0.1, -0.05) is 17.7 Å². The standard InChI is InChI=1S/C9H10ClNO3/c10-7-2-1-6(5-14-11)8-9(7)13-4-3-12-8/h1-2H,3-5,11H2. The fourth-order valence-electron chi connectivity index (χ4n) is 1.36. The predicted molar refractivity (Wildman–Crippen MR) is 51.4 cm³/mol. The highest BCUT2D eigenvalue weighted by Gasteiger charge is 2.18. The van der Waals surface area contributed by atoms with Crippen molar-refractivity contribution in [2.24, 2.45) is 5.90 Å². The second kappa shape index (κ2) is 4.04. The van der Waals surface area contributed by atoms with E-state index in [4.69, 9.17) is 27.0 Å². The summed E-state index contributed by atoms with van der Waals surface area (Å²) >= 11 is 5.94. The van der Waals surface area contributed by atoms with Gasteiger partial charge in [0, 0.05) is 5.56 Å². The van der Waals surface area contributed by atoms with E-state index in [1.54, 1.807) is 6.07 Å². The van der Waals surface area contributed by atoms with Gasteiger partial charge in [0.15, 0.2) is 11.5 Å². The Kier molecular flexibility index (Phi) is 2.77. The molecule has 0 bridgehead atoms. The number of hydrogen-bond acceptors (Lipinski definition) is 4. The van der Waals surface area contributed by atoms with E-state index in [0.29, 0.717) is 29.7 Å². The van der Waals surface area contributed by atoms with Crippen LogP contribution in [0.2, 0.25) is 5.02 Å². The monoisotopic (exact) mass is 215 g/mol. The lowest BCUT2D eigenvalue weighted by Gasteiger charge is -2.21. The molecule has 0 fully saturated rings. The smallest absolute Gasteiger partial charge is 0.180 e. The zero-order valence-electron chi connectivity index (χ0n) is 7.46. The van der Waals surface area contributed by atoms with Gasteiger partial charge >= 0.3 is 0 Å². The SMILES string of the molecule is NOCc1ccc(Cl)c2c1OCCO2. The van der Waals surface area contributed by atoms with E-state index in [2.05, 4.69) is 4.84 Å². The molecule has 2 N–H and O–H groups in total. The molecule has 4 nitrogen and oxygen atoms in total. The quantitative estimate of drug-likeness (QED) is 0.760. The second-order valence-electron chi connectivity index (χ2n) is 2.87. The lowest BCUT2D eigenvalue weighted by atomic mass is 10.2. The average molecular weight is 216 g/mol. The van der Waals surface area contributed by atoms with Crippen LogP contribution < -0.4 is 15.4 Å². The zero-order valence-corrected chi connectivity index (χ0v) is 8.21. The number of ether oxygens (including phenoxy) is 2. The summed E-state index contributed by atoms with van der Waals surface area (Å²) in [6.45, 7) is 1.31. The molecule has 0 atom stereocenters. The number of rotatable bonds is 2. The van der Waals surface area contributed by atoms with E-state index in [1.165, 1.54) is 0 Å². The van der Waals surface area contributed by atoms with Crippen LogP contribution in [0.3, 0.4) is 0 Å². The summed E-state index contributed by atoms with van der Waals surface area (Å²) in [6.07, 6.45) is 0. The predicted octanol–water partition coefficient (Wildman–Crippen LogP) is 1.50. The van der Waals surface area contributed by atoms with Gasteiger partial charge in [-0.2, -0.15) is 0 Å². The second-order valence-corrected chi connectivity index (χ2v) is 3.28. The molecule has 0 saturated heterocycles. The van der Waals surface area contributed by atoms with Crippen LogP contribution in [-0.4, -0.2) is 13.2 Å². The third kappa shape index (κ3) is 1.64. The van der Waals surface area contributed by atoms with Gasteiger partial charge in [0.25, 0.3) is 0 Å². The minimum atomic E-state index is 0.281. The largest absolute Gasteiger partial charge is 0.486 e. The molecule has 0 saturated carbocycles. The number of halogens is 1. The van der Waals surface area contributed by atoms with Crippen LogP contribution in [0.5, 0.6) is 11.5 Å². The summed E-state index contributed by atoms with van der Waals surface area (Å²) < 4.78 is 10.8. The third-order valence-electron chi connectivity index (χ3n) is 1.96. The van der Waals surface area contributed by atoms with Crippen LogP contribution in [0.1, 0.15) is 5.56 Å². The number of hydrogen-bond donors (Lipinski definition) is 1. The molecule has 0 aliphatic carbocycles. The van der Waals surface area contributed by atoms with Crippen LogP contribution >= 0.6 is 11.6 Å². The normalized spacial score (nSPS) is 14.1. The van der Waals surface area contributed by atoms with Gasteiger partial charge in [-0.15, -0.1) is 0 Å². The zero-order chi connectivity index (χ0) is 9.97. The van der Waals surface area contributed by atoms with Gasteiger partial charge in [0.2, 0.25) is 0 Å². The topological polar surface area (TPSA) is 53.7 Å². The van der Waals surface area contributed by atoms with E-state index in [1.807, 2.05) is 6.07 Å². The highest BCUT2D eigenvalue weighted by atomic mass is 35.5. The van der Waals surface area contributed by atoms with Crippen molar-refractivity contribution in [3.63, 3.8) is 0 Å². The van der Waals surface area contributed by atoms with E-state index < -0.39 is 0 Å². The summed E-state index contributed by atoms with van der Waals surface area (Å²) in [6, 6.07) is 3.55. The van der Waals surface area contributed by atoms with Crippen molar-refractivity contribution in [2.45, 2.75) is 6.61 Å². The van der Waals surface area contributed by atoms with E-state index >= 15 is 0 Å². The van der Waals surface area contributed by atoms with Crippen molar-refractivity contribution >= 4 is 11.6 Å². The molecule has 1 aliphatic rings. The van der Waals surface area contributed by atoms with Crippen LogP contribution in [0, 0.1) is 0 Å². The molecule has 1 aliphatic heterocycles. The lowest BCUT2D eigenvalue weighted by molar-refractivity contribution is 0.115. The fourth-order valence-corrected chi connectivity index (χ4v) is 1.57. The number of benzene rings is 1. The van der Waals surface area contributed by atoms with Gasteiger partial charge in [0.05, 0.1) is 11.6 Å². The van der Waals surface area contributed by atoms with Crippen molar-refractivity contribution in [1.82, 2.24) is 0 Å². The molecule has 1 aromatic rings. The summed E-state index contributed by atoms with van der Waals surface area (Å²) in [4.78, 5) is 4.56. The molecule has 0 spiro atoms. The molecule has 0 amide bonds. The minimum Gasteiger partial charge on any atom is -0.486 e. The van der Waals surface area contributed by atoms with Gasteiger partial charge in [-0.05, 0) is 6.07 Å². The Labute approximate surface area is 86.5 Å². The van der Waals surface area contributed by atoms with Crippen molar-refractivity contribution in [1.29, 1.82) is 0 Å². The first kappa shape index (κ1) is 9.58. The molecule has 0 radical (unpaired) electrons. The van der Waals surface area contributed by atoms with Gasteiger partial charge in [0.1, 0.15) is 13.2 Å². The van der Waals surface area contributed by atoms with Crippen molar-refractivity contribution in [3.8, 4) is 11.5 Å². The Hall–Kier alpha value is -0.970. The Morgan fingerprint density at radius 3 is 2.71 bits per heavy atom. The highest BCUT2D eigenvalue weighted by molar-refractivity contribution is 6.32. The Balaban J connectivity index is 2.42. The first-order valence-corrected chi connectivity index (χ1v) is 4.59. The van der Waals surface area contributed by atoms with Crippen LogP contribution in [0.4, 0.5) is 0 Å². The Morgan fingerprint density at radius 2 is 2.00 bits per heavy atom. The molecule has 14 heavy (non-hydrogen) atoms. The molecule has 1 aromatic carbocycles. The summed E-state index contributed by atoms with van der Waals surface area (Å²) in [5.41, 5.74) is 0.839. The van der Waals surface area contributed by atoms with Crippen molar-refractivity contribution in [3.05, 3.63) is 22.7 Å². The maximum Gasteiger partial charge on any atom is 0.180 e. The molecule has 1 heterocycles. The fraction of sp³-hybridized carbons (Fsp3) is 0.333. The minimum absolute atomic E-state index is 0.281. The molecule has 76 valence electrons. The van der Waals surface area contributed by atoms with Gasteiger partial charge < -0.3 is 9.47 Å². The summed E-state index contributed by atoms with van der Waals surface area (Å²) in [7, 11) is 0.